The number of hydrogen-bond donors (Lipinski definition) is 0. The van der Waals surface area contributed by atoms with Gasteiger partial charge in [0, 0.05) is 15.1 Å². The lowest BCUT2D eigenvalue weighted by Crippen LogP contribution is -1.86. The van der Waals surface area contributed by atoms with E-state index >= 15 is 0 Å². The van der Waals surface area contributed by atoms with Gasteiger partial charge in [0.1, 0.15) is 0 Å². The van der Waals surface area contributed by atoms with E-state index in [1.807, 2.05) is 12.1 Å². The molecule has 16 heavy (non-hydrogen) atoms. The second kappa shape index (κ2) is 4.60. The Hall–Kier alpha value is -0.790. The van der Waals surface area contributed by atoms with Gasteiger partial charge in [-0.25, -0.2) is 0 Å². The van der Waals surface area contributed by atoms with Crippen molar-refractivity contribution in [2.24, 2.45) is 0 Å². The maximum Gasteiger partial charge on any atom is 0.0487 e. The molecule has 2 rings (SSSR count). The topological polar surface area (TPSA) is 0 Å². The van der Waals surface area contributed by atoms with E-state index in [9.17, 15) is 0 Å². The molecule has 0 aliphatic carbocycles. The van der Waals surface area contributed by atoms with Crippen molar-refractivity contribution in [2.45, 2.75) is 13.8 Å². The number of aryl methyl sites for hydroxylation is 2. The lowest BCUT2D eigenvalue weighted by atomic mass is 10.00. The van der Waals surface area contributed by atoms with Crippen molar-refractivity contribution in [1.29, 1.82) is 0 Å². The lowest BCUT2D eigenvalue weighted by molar-refractivity contribution is 1.41. The number of rotatable bonds is 1. The Bertz CT molecular complexity index is 512. The van der Waals surface area contributed by atoms with E-state index in [4.69, 9.17) is 11.6 Å². The highest BCUT2D eigenvalue weighted by atomic mass is 79.9. The van der Waals surface area contributed by atoms with Gasteiger partial charge in [0.05, 0.1) is 0 Å². The molecule has 0 aliphatic rings. The zero-order valence-electron chi connectivity index (χ0n) is 9.22. The standard InChI is InChI=1S/C14H12BrCl/c1-9-6-7-11(12(15)8-9)14-10(2)4-3-5-13(14)16/h3-8H,1-2H3. The van der Waals surface area contributed by atoms with Crippen molar-refractivity contribution in [2.75, 3.05) is 0 Å². The van der Waals surface area contributed by atoms with E-state index < -0.39 is 0 Å². The van der Waals surface area contributed by atoms with E-state index in [2.05, 4.69) is 54.0 Å². The maximum absolute atomic E-state index is 6.25. The molecule has 0 spiro atoms. The fourth-order valence-electron chi connectivity index (χ4n) is 1.80. The number of hydrogen-bond acceptors (Lipinski definition) is 0. The first-order valence-corrected chi connectivity index (χ1v) is 6.28. The normalized spacial score (nSPS) is 10.5. The summed E-state index contributed by atoms with van der Waals surface area (Å²) >= 11 is 9.85. The Kier molecular flexibility index (Phi) is 3.36. The highest BCUT2D eigenvalue weighted by Gasteiger charge is 2.09. The van der Waals surface area contributed by atoms with Gasteiger partial charge in [0.2, 0.25) is 0 Å². The van der Waals surface area contributed by atoms with Gasteiger partial charge in [-0.1, -0.05) is 51.8 Å². The molecule has 0 aromatic heterocycles. The summed E-state index contributed by atoms with van der Waals surface area (Å²) in [6.07, 6.45) is 0. The largest absolute Gasteiger partial charge is 0.0837 e. The lowest BCUT2D eigenvalue weighted by Gasteiger charge is -2.11. The molecule has 0 heterocycles. The average Bonchev–Trinajstić information content (AvgIpc) is 2.20. The van der Waals surface area contributed by atoms with Crippen LogP contribution in [-0.2, 0) is 0 Å². The predicted octanol–water partition coefficient (Wildman–Crippen LogP) is 5.39. The smallest absolute Gasteiger partial charge is 0.0487 e. The van der Waals surface area contributed by atoms with E-state index in [1.54, 1.807) is 0 Å². The molecular formula is C14H12BrCl. The zero-order chi connectivity index (χ0) is 11.7. The fraction of sp³-hybridized carbons (Fsp3) is 0.143. The molecule has 0 bridgehead atoms. The molecule has 0 saturated heterocycles. The van der Waals surface area contributed by atoms with Crippen LogP contribution in [0.5, 0.6) is 0 Å². The number of benzene rings is 2. The second-order valence-corrected chi connectivity index (χ2v) is 5.18. The van der Waals surface area contributed by atoms with Gasteiger partial charge < -0.3 is 0 Å². The number of halogens is 2. The van der Waals surface area contributed by atoms with Crippen LogP contribution >= 0.6 is 27.5 Å². The van der Waals surface area contributed by atoms with Gasteiger partial charge in [-0.05, 0) is 42.7 Å². The summed E-state index contributed by atoms with van der Waals surface area (Å²) in [7, 11) is 0. The first-order chi connectivity index (χ1) is 7.59. The summed E-state index contributed by atoms with van der Waals surface area (Å²) in [6, 6.07) is 12.3. The minimum Gasteiger partial charge on any atom is -0.0837 e. The Balaban J connectivity index is 2.68. The highest BCUT2D eigenvalue weighted by molar-refractivity contribution is 9.10. The van der Waals surface area contributed by atoms with Crippen LogP contribution < -0.4 is 0 Å². The third-order valence-corrected chi connectivity index (χ3v) is 3.59. The molecule has 0 radical (unpaired) electrons. The van der Waals surface area contributed by atoms with Crippen LogP contribution in [0, 0.1) is 13.8 Å². The van der Waals surface area contributed by atoms with Crippen molar-refractivity contribution < 1.29 is 0 Å². The van der Waals surface area contributed by atoms with Gasteiger partial charge in [-0.2, -0.15) is 0 Å². The molecule has 0 N–H and O–H groups in total. The van der Waals surface area contributed by atoms with Crippen LogP contribution in [0.2, 0.25) is 5.02 Å². The van der Waals surface area contributed by atoms with Crippen LogP contribution in [0.15, 0.2) is 40.9 Å². The van der Waals surface area contributed by atoms with Crippen LogP contribution in [0.1, 0.15) is 11.1 Å². The average molecular weight is 296 g/mol. The third kappa shape index (κ3) is 2.16. The van der Waals surface area contributed by atoms with Gasteiger partial charge in [0.15, 0.2) is 0 Å². The Morgan fingerprint density at radius 1 is 1.06 bits per heavy atom. The highest BCUT2D eigenvalue weighted by Crippen LogP contribution is 2.36. The molecular weight excluding hydrogens is 284 g/mol. The van der Waals surface area contributed by atoms with E-state index in [0.717, 1.165) is 20.6 Å². The summed E-state index contributed by atoms with van der Waals surface area (Å²) in [5.74, 6) is 0. The molecule has 2 aromatic rings. The van der Waals surface area contributed by atoms with Crippen LogP contribution in [0.25, 0.3) is 11.1 Å². The van der Waals surface area contributed by atoms with E-state index in [-0.39, 0.29) is 0 Å². The predicted molar refractivity (Wildman–Crippen MR) is 74.1 cm³/mol. The van der Waals surface area contributed by atoms with E-state index in [0.29, 0.717) is 0 Å². The Morgan fingerprint density at radius 2 is 1.81 bits per heavy atom. The van der Waals surface area contributed by atoms with Crippen LogP contribution in [0.3, 0.4) is 0 Å². The quantitative estimate of drug-likeness (QED) is 0.662. The van der Waals surface area contributed by atoms with E-state index in [1.165, 1.54) is 11.1 Å². The summed E-state index contributed by atoms with van der Waals surface area (Å²) in [5, 5.41) is 0.796. The van der Waals surface area contributed by atoms with Crippen molar-refractivity contribution >= 4 is 27.5 Å². The van der Waals surface area contributed by atoms with Gasteiger partial charge in [0.25, 0.3) is 0 Å². The minimum atomic E-state index is 0.796. The molecule has 0 amide bonds. The fourth-order valence-corrected chi connectivity index (χ4v) is 2.81. The molecule has 0 unspecified atom stereocenters. The van der Waals surface area contributed by atoms with Crippen molar-refractivity contribution in [1.82, 2.24) is 0 Å². The Morgan fingerprint density at radius 3 is 2.44 bits per heavy atom. The first-order valence-electron chi connectivity index (χ1n) is 5.11. The molecule has 0 nitrogen and oxygen atoms in total. The van der Waals surface area contributed by atoms with Gasteiger partial charge in [-0.3, -0.25) is 0 Å². The SMILES string of the molecule is Cc1ccc(-c2c(C)cccc2Cl)c(Br)c1. The minimum absolute atomic E-state index is 0.796. The monoisotopic (exact) mass is 294 g/mol. The van der Waals surface area contributed by atoms with Gasteiger partial charge >= 0.3 is 0 Å². The summed E-state index contributed by atoms with van der Waals surface area (Å²) < 4.78 is 1.09. The molecule has 2 heteroatoms. The molecule has 0 aliphatic heterocycles. The molecule has 0 saturated carbocycles. The van der Waals surface area contributed by atoms with Crippen molar-refractivity contribution in [3.05, 3.63) is 57.0 Å². The maximum atomic E-state index is 6.25. The van der Waals surface area contributed by atoms with Crippen LogP contribution in [-0.4, -0.2) is 0 Å². The molecule has 82 valence electrons. The van der Waals surface area contributed by atoms with Crippen LogP contribution in [0.4, 0.5) is 0 Å². The summed E-state index contributed by atoms with van der Waals surface area (Å²) in [4.78, 5) is 0. The molecule has 2 aromatic carbocycles. The summed E-state index contributed by atoms with van der Waals surface area (Å²) in [6.45, 7) is 4.15. The zero-order valence-corrected chi connectivity index (χ0v) is 11.6. The Labute approximate surface area is 109 Å². The van der Waals surface area contributed by atoms with Crippen molar-refractivity contribution in [3.63, 3.8) is 0 Å². The van der Waals surface area contributed by atoms with Gasteiger partial charge in [-0.15, -0.1) is 0 Å². The third-order valence-electron chi connectivity index (χ3n) is 2.62. The van der Waals surface area contributed by atoms with Crippen molar-refractivity contribution in [3.8, 4) is 11.1 Å². The summed E-state index contributed by atoms with van der Waals surface area (Å²) in [5.41, 5.74) is 4.68. The first kappa shape index (κ1) is 11.7. The second-order valence-electron chi connectivity index (χ2n) is 3.92. The molecule has 0 atom stereocenters. The molecule has 0 fully saturated rings.